The number of fused-ring (bicyclic) bond motifs is 1. The van der Waals surface area contributed by atoms with Gasteiger partial charge in [0.05, 0.1) is 12.2 Å². The van der Waals surface area contributed by atoms with Gasteiger partial charge < -0.3 is 14.8 Å². The Morgan fingerprint density at radius 2 is 2.08 bits per heavy atom. The number of nitrogens with one attached hydrogen (secondary N) is 1. The Morgan fingerprint density at radius 1 is 1.23 bits per heavy atom. The Kier molecular flexibility index (Phi) is 5.79. The third-order valence-corrected chi connectivity index (χ3v) is 6.07. The molecule has 1 aromatic rings. The molecule has 4 rings (SSSR count). The fourth-order valence-electron chi connectivity index (χ4n) is 4.28. The van der Waals surface area contributed by atoms with Crippen LogP contribution in [0.4, 0.5) is 0 Å². The molecule has 142 valence electrons. The van der Waals surface area contributed by atoms with Gasteiger partial charge in [-0.1, -0.05) is 23.7 Å². The van der Waals surface area contributed by atoms with E-state index < -0.39 is 0 Å². The summed E-state index contributed by atoms with van der Waals surface area (Å²) in [6.45, 7) is 3.92. The third kappa shape index (κ3) is 4.22. The molecule has 1 amide bonds. The molecule has 3 aliphatic heterocycles. The molecule has 0 unspecified atom stereocenters. The van der Waals surface area contributed by atoms with Crippen LogP contribution in [0, 0.1) is 5.92 Å². The highest BCUT2D eigenvalue weighted by Gasteiger charge is 2.43. The molecule has 0 bridgehead atoms. The zero-order chi connectivity index (χ0) is 17.9. The largest absolute Gasteiger partial charge is 0.381 e. The van der Waals surface area contributed by atoms with Crippen molar-refractivity contribution in [2.45, 2.75) is 50.5 Å². The molecule has 1 aromatic carbocycles. The molecule has 0 aliphatic carbocycles. The average molecular weight is 379 g/mol. The van der Waals surface area contributed by atoms with Gasteiger partial charge in [-0.05, 0) is 43.4 Å². The van der Waals surface area contributed by atoms with Crippen LogP contribution in [0.1, 0.15) is 31.2 Å². The Labute approximate surface area is 160 Å². The van der Waals surface area contributed by atoms with E-state index in [4.69, 9.17) is 21.1 Å². The second-order valence-corrected chi connectivity index (χ2v) is 8.07. The van der Waals surface area contributed by atoms with Crippen LogP contribution in [0.5, 0.6) is 0 Å². The number of hydrogen-bond donors (Lipinski definition) is 1. The molecule has 0 spiro atoms. The highest BCUT2D eigenvalue weighted by atomic mass is 35.5. The van der Waals surface area contributed by atoms with Crippen LogP contribution < -0.4 is 5.32 Å². The van der Waals surface area contributed by atoms with E-state index >= 15 is 0 Å². The lowest BCUT2D eigenvalue weighted by atomic mass is 9.89. The molecule has 0 aromatic heterocycles. The van der Waals surface area contributed by atoms with Crippen LogP contribution in [-0.4, -0.2) is 55.4 Å². The van der Waals surface area contributed by atoms with Crippen molar-refractivity contribution in [2.75, 3.05) is 26.3 Å². The number of halogens is 1. The lowest BCUT2D eigenvalue weighted by molar-refractivity contribution is -0.170. The summed E-state index contributed by atoms with van der Waals surface area (Å²) in [5.74, 6) is 0.271. The maximum absolute atomic E-state index is 12.2. The van der Waals surface area contributed by atoms with Crippen molar-refractivity contribution in [1.29, 1.82) is 0 Å². The third-order valence-electron chi connectivity index (χ3n) is 5.84. The predicted octanol–water partition coefficient (Wildman–Crippen LogP) is 2.61. The van der Waals surface area contributed by atoms with Crippen molar-refractivity contribution >= 4 is 17.5 Å². The Bertz CT molecular complexity index is 635. The number of likely N-dealkylation sites (tertiary alicyclic amines) is 1. The van der Waals surface area contributed by atoms with Gasteiger partial charge >= 0.3 is 0 Å². The number of benzene rings is 1. The van der Waals surface area contributed by atoms with E-state index in [1.54, 1.807) is 0 Å². The van der Waals surface area contributed by atoms with Gasteiger partial charge in [0.25, 0.3) is 0 Å². The zero-order valence-corrected chi connectivity index (χ0v) is 15.8. The summed E-state index contributed by atoms with van der Waals surface area (Å²) < 4.78 is 11.5. The van der Waals surface area contributed by atoms with Gasteiger partial charge in [-0.2, -0.15) is 0 Å². The van der Waals surface area contributed by atoms with E-state index in [0.29, 0.717) is 31.9 Å². The van der Waals surface area contributed by atoms with Crippen molar-refractivity contribution < 1.29 is 14.3 Å². The second kappa shape index (κ2) is 8.26. The minimum atomic E-state index is 0.108. The normalized spacial score (nSPS) is 29.7. The van der Waals surface area contributed by atoms with Crippen molar-refractivity contribution in [3.8, 4) is 0 Å². The Balaban J connectivity index is 1.20. The first kappa shape index (κ1) is 18.2. The van der Waals surface area contributed by atoms with E-state index in [1.165, 1.54) is 5.56 Å². The van der Waals surface area contributed by atoms with Crippen LogP contribution in [-0.2, 0) is 20.8 Å². The first-order valence-electron chi connectivity index (χ1n) is 9.68. The number of carbonyl (C=O) groups is 1. The lowest BCUT2D eigenvalue weighted by Gasteiger charge is -2.52. The maximum Gasteiger partial charge on any atom is 0.223 e. The molecule has 3 aliphatic rings. The summed E-state index contributed by atoms with van der Waals surface area (Å²) in [6.07, 6.45) is 4.24. The average Bonchev–Trinajstić information content (AvgIpc) is 2.65. The molecule has 26 heavy (non-hydrogen) atoms. The first-order valence-corrected chi connectivity index (χ1v) is 10.1. The number of nitrogens with zero attached hydrogens (tertiary/aromatic N) is 1. The standard InChI is InChI=1S/C20H27ClN2O3/c21-16-3-1-2-14(10-16)12-23-13-19-18(23)5-4-17(26-19)11-22-20(24)15-6-8-25-9-7-15/h1-3,10,15,17-19H,4-9,11-13H2,(H,22,24)/t17-,18+,19+/m1/s1. The molecule has 0 saturated carbocycles. The van der Waals surface area contributed by atoms with Crippen LogP contribution in [0.3, 0.4) is 0 Å². The fraction of sp³-hybridized carbons (Fsp3) is 0.650. The summed E-state index contributed by atoms with van der Waals surface area (Å²) in [6, 6.07) is 8.57. The molecule has 3 fully saturated rings. The van der Waals surface area contributed by atoms with Gasteiger partial charge in [-0.25, -0.2) is 0 Å². The topological polar surface area (TPSA) is 50.8 Å². The van der Waals surface area contributed by atoms with Crippen LogP contribution in [0.15, 0.2) is 24.3 Å². The monoisotopic (exact) mass is 378 g/mol. The van der Waals surface area contributed by atoms with Crippen molar-refractivity contribution in [3.05, 3.63) is 34.9 Å². The Hall–Kier alpha value is -1.14. The molecule has 3 saturated heterocycles. The number of ether oxygens (including phenoxy) is 2. The second-order valence-electron chi connectivity index (χ2n) is 7.63. The van der Waals surface area contributed by atoms with Crippen molar-refractivity contribution in [1.82, 2.24) is 10.2 Å². The fourth-order valence-corrected chi connectivity index (χ4v) is 4.49. The van der Waals surface area contributed by atoms with Gasteiger partial charge in [0.15, 0.2) is 0 Å². The minimum Gasteiger partial charge on any atom is -0.381 e. The molecule has 3 atom stereocenters. The molecular weight excluding hydrogens is 352 g/mol. The van der Waals surface area contributed by atoms with Gasteiger partial charge in [0, 0.05) is 49.8 Å². The van der Waals surface area contributed by atoms with Crippen molar-refractivity contribution in [3.63, 3.8) is 0 Å². The number of amides is 1. The molecule has 1 N–H and O–H groups in total. The summed E-state index contributed by atoms with van der Waals surface area (Å²) in [5, 5.41) is 3.88. The van der Waals surface area contributed by atoms with Crippen LogP contribution in [0.2, 0.25) is 5.02 Å². The molecule has 3 heterocycles. The van der Waals surface area contributed by atoms with Crippen LogP contribution >= 0.6 is 11.6 Å². The zero-order valence-electron chi connectivity index (χ0n) is 15.0. The number of rotatable bonds is 5. The number of hydrogen-bond acceptors (Lipinski definition) is 4. The smallest absolute Gasteiger partial charge is 0.223 e. The highest BCUT2D eigenvalue weighted by molar-refractivity contribution is 6.30. The van der Waals surface area contributed by atoms with E-state index in [1.807, 2.05) is 18.2 Å². The Morgan fingerprint density at radius 3 is 2.85 bits per heavy atom. The van der Waals surface area contributed by atoms with Gasteiger partial charge in [0.1, 0.15) is 0 Å². The van der Waals surface area contributed by atoms with Crippen LogP contribution in [0.25, 0.3) is 0 Å². The summed E-state index contributed by atoms with van der Waals surface area (Å²) >= 11 is 6.08. The van der Waals surface area contributed by atoms with E-state index in [2.05, 4.69) is 16.3 Å². The van der Waals surface area contributed by atoms with Gasteiger partial charge in [-0.15, -0.1) is 0 Å². The van der Waals surface area contributed by atoms with Gasteiger partial charge in [0.2, 0.25) is 5.91 Å². The van der Waals surface area contributed by atoms with E-state index in [0.717, 1.165) is 43.8 Å². The first-order chi connectivity index (χ1) is 12.7. The maximum atomic E-state index is 12.2. The minimum absolute atomic E-state index is 0.108. The quantitative estimate of drug-likeness (QED) is 0.855. The summed E-state index contributed by atoms with van der Waals surface area (Å²) in [7, 11) is 0. The molecule has 0 radical (unpaired) electrons. The highest BCUT2D eigenvalue weighted by Crippen LogP contribution is 2.33. The summed E-state index contributed by atoms with van der Waals surface area (Å²) in [4.78, 5) is 14.7. The molecule has 6 heteroatoms. The summed E-state index contributed by atoms with van der Waals surface area (Å²) in [5.41, 5.74) is 1.25. The van der Waals surface area contributed by atoms with E-state index in [-0.39, 0.29) is 17.9 Å². The molecule has 5 nitrogen and oxygen atoms in total. The van der Waals surface area contributed by atoms with E-state index in [9.17, 15) is 4.79 Å². The van der Waals surface area contributed by atoms with Crippen molar-refractivity contribution in [2.24, 2.45) is 5.92 Å². The SMILES string of the molecule is O=C(NC[C@H]1CC[C@H]2[C@H](CN2Cc2cccc(Cl)c2)O1)C1CCOCC1. The predicted molar refractivity (Wildman–Crippen MR) is 100 cm³/mol. The number of carbonyl (C=O) groups excluding carboxylic acids is 1. The molecular formula is C20H27ClN2O3. The van der Waals surface area contributed by atoms with Gasteiger partial charge in [-0.3, -0.25) is 9.69 Å². The lowest BCUT2D eigenvalue weighted by Crippen LogP contribution is -2.64.